The zero-order valence-corrected chi connectivity index (χ0v) is 22.9. The van der Waals surface area contributed by atoms with Crippen LogP contribution in [0.3, 0.4) is 0 Å². The first kappa shape index (κ1) is 27.4. The van der Waals surface area contributed by atoms with Gasteiger partial charge in [0, 0.05) is 54.1 Å². The van der Waals surface area contributed by atoms with Gasteiger partial charge >= 0.3 is 6.09 Å². The molecule has 3 heterocycles. The standard InChI is InChI=1S/C27H30N3O7PS/c31-26-9-7-20-6-8-21(18-24(20)30(26)27(32)37-19-38(33,34)35)36-16-2-1-11-28-12-14-29(15-13-28)23-4-3-5-25-22(23)10-17-39-25/h3-10,17-18H,1-2,11-16,19H2,(H2,33,34,35)/p-2. The van der Waals surface area contributed by atoms with Crippen LogP contribution in [0.2, 0.25) is 0 Å². The van der Waals surface area contributed by atoms with E-state index < -0.39 is 25.6 Å². The predicted octanol–water partition coefficient (Wildman–Crippen LogP) is 3.05. The van der Waals surface area contributed by atoms with Crippen molar-refractivity contribution in [2.24, 2.45) is 0 Å². The summed E-state index contributed by atoms with van der Waals surface area (Å²) in [4.78, 5) is 51.2. The molecular formula is C27H28N3O7PS-2. The van der Waals surface area contributed by atoms with Crippen molar-refractivity contribution in [2.75, 3.05) is 50.6 Å². The van der Waals surface area contributed by atoms with E-state index in [4.69, 9.17) is 4.74 Å². The van der Waals surface area contributed by atoms with Gasteiger partial charge in [0.1, 0.15) is 12.1 Å². The minimum absolute atomic E-state index is 0.202. The molecule has 206 valence electrons. The second-order valence-corrected chi connectivity index (χ2v) is 11.8. The van der Waals surface area contributed by atoms with Gasteiger partial charge < -0.3 is 28.7 Å². The number of ether oxygens (including phenoxy) is 2. The molecule has 0 saturated carbocycles. The minimum atomic E-state index is -5.07. The first-order valence-corrected chi connectivity index (χ1v) is 15.3. The Hall–Kier alpha value is -3.21. The van der Waals surface area contributed by atoms with Crippen LogP contribution < -0.4 is 25.0 Å². The fraction of sp³-hybridized carbons (Fsp3) is 0.333. The van der Waals surface area contributed by atoms with Crippen molar-refractivity contribution < 1.29 is 28.6 Å². The van der Waals surface area contributed by atoms with Gasteiger partial charge in [-0.25, -0.2) is 9.36 Å². The Labute approximate surface area is 229 Å². The summed E-state index contributed by atoms with van der Waals surface area (Å²) >= 11 is 1.77. The van der Waals surface area contributed by atoms with E-state index in [9.17, 15) is 23.9 Å². The number of pyridine rings is 1. The first-order chi connectivity index (χ1) is 18.8. The maximum Gasteiger partial charge on any atom is 0.421 e. The van der Waals surface area contributed by atoms with Crippen LogP contribution in [0.25, 0.3) is 21.0 Å². The lowest BCUT2D eigenvalue weighted by atomic mass is 10.2. The number of unbranched alkanes of at least 4 members (excludes halogenated alkanes) is 1. The van der Waals surface area contributed by atoms with Crippen molar-refractivity contribution in [3.63, 3.8) is 0 Å². The smallest absolute Gasteiger partial charge is 0.421 e. The molecule has 0 unspecified atom stereocenters. The van der Waals surface area contributed by atoms with E-state index in [2.05, 4.69) is 44.2 Å². The summed E-state index contributed by atoms with van der Waals surface area (Å²) in [5, 5.41) is 4.02. The summed E-state index contributed by atoms with van der Waals surface area (Å²) in [6, 6.07) is 16.4. The number of rotatable bonds is 9. The first-order valence-electron chi connectivity index (χ1n) is 12.7. The van der Waals surface area contributed by atoms with Gasteiger partial charge in [-0.3, -0.25) is 9.69 Å². The van der Waals surface area contributed by atoms with E-state index in [1.807, 2.05) is 0 Å². The monoisotopic (exact) mass is 569 g/mol. The second kappa shape index (κ2) is 11.9. The van der Waals surface area contributed by atoms with Gasteiger partial charge in [-0.1, -0.05) is 6.07 Å². The SMILES string of the molecule is O=C(OCP(=O)([O-])[O-])n1c(=O)ccc2ccc(OCCCCN3CCN(c4cccc5sccc45)CC3)cc21. The normalized spacial score (nSPS) is 14.7. The van der Waals surface area contributed by atoms with Crippen LogP contribution in [0.1, 0.15) is 12.8 Å². The molecule has 39 heavy (non-hydrogen) atoms. The van der Waals surface area contributed by atoms with Crippen molar-refractivity contribution in [1.29, 1.82) is 0 Å². The lowest BCUT2D eigenvalue weighted by Crippen LogP contribution is -2.46. The molecule has 10 nitrogen and oxygen atoms in total. The van der Waals surface area contributed by atoms with Gasteiger partial charge in [0.25, 0.3) is 5.56 Å². The molecule has 5 rings (SSSR count). The van der Waals surface area contributed by atoms with Gasteiger partial charge in [-0.15, -0.1) is 11.3 Å². The zero-order chi connectivity index (χ0) is 27.4. The fourth-order valence-electron chi connectivity index (χ4n) is 4.78. The average molecular weight is 570 g/mol. The Morgan fingerprint density at radius 2 is 1.79 bits per heavy atom. The molecule has 0 amide bonds. The van der Waals surface area contributed by atoms with Gasteiger partial charge in [0.15, 0.2) is 0 Å². The van der Waals surface area contributed by atoms with Crippen LogP contribution in [0.4, 0.5) is 10.5 Å². The van der Waals surface area contributed by atoms with Gasteiger partial charge in [-0.2, -0.15) is 0 Å². The topological polar surface area (TPSA) is 127 Å². The van der Waals surface area contributed by atoms with Gasteiger partial charge in [-0.05, 0) is 74.1 Å². The van der Waals surface area contributed by atoms with Crippen molar-refractivity contribution >= 4 is 51.7 Å². The third-order valence-corrected chi connectivity index (χ3v) is 8.05. The van der Waals surface area contributed by atoms with Crippen molar-refractivity contribution in [3.8, 4) is 5.75 Å². The highest BCUT2D eigenvalue weighted by molar-refractivity contribution is 7.48. The molecule has 0 atom stereocenters. The molecular weight excluding hydrogens is 541 g/mol. The number of thiophene rings is 1. The lowest BCUT2D eigenvalue weighted by molar-refractivity contribution is -0.317. The quantitative estimate of drug-likeness (QED) is 0.221. The molecule has 2 aromatic heterocycles. The highest BCUT2D eigenvalue weighted by Crippen LogP contribution is 2.31. The molecule has 1 saturated heterocycles. The molecule has 1 aliphatic rings. The van der Waals surface area contributed by atoms with Gasteiger partial charge in [0.2, 0.25) is 0 Å². The number of carbonyl (C=O) groups is 1. The number of hydrogen-bond donors (Lipinski definition) is 0. The Bertz CT molecular complexity index is 1570. The fourth-order valence-corrected chi connectivity index (χ4v) is 5.86. The summed E-state index contributed by atoms with van der Waals surface area (Å²) < 4.78 is 23.2. The number of carbonyl (C=O) groups excluding carboxylic acids is 1. The summed E-state index contributed by atoms with van der Waals surface area (Å²) in [7, 11) is -5.07. The molecule has 1 aliphatic heterocycles. The Morgan fingerprint density at radius 3 is 2.59 bits per heavy atom. The lowest BCUT2D eigenvalue weighted by Gasteiger charge is -2.36. The summed E-state index contributed by atoms with van der Waals surface area (Å²) in [6.07, 6.45) is -0.764. The van der Waals surface area contributed by atoms with Crippen LogP contribution in [0, 0.1) is 0 Å². The van der Waals surface area contributed by atoms with Crippen molar-refractivity contribution in [3.05, 3.63) is 70.3 Å². The molecule has 0 aliphatic carbocycles. The number of aromatic nitrogens is 1. The zero-order valence-electron chi connectivity index (χ0n) is 21.2. The molecule has 0 radical (unpaired) electrons. The van der Waals surface area contributed by atoms with Crippen LogP contribution in [0.5, 0.6) is 5.75 Å². The number of hydrogen-bond acceptors (Lipinski definition) is 10. The maximum absolute atomic E-state index is 12.3. The van der Waals surface area contributed by atoms with E-state index in [-0.39, 0.29) is 5.52 Å². The molecule has 4 aromatic rings. The van der Waals surface area contributed by atoms with E-state index in [1.165, 1.54) is 34.0 Å². The Morgan fingerprint density at radius 1 is 1.00 bits per heavy atom. The largest absolute Gasteiger partial charge is 0.808 e. The molecule has 0 spiro atoms. The molecule has 0 bridgehead atoms. The summed E-state index contributed by atoms with van der Waals surface area (Å²) in [5.41, 5.74) is 0.808. The van der Waals surface area contributed by atoms with Crippen LogP contribution in [-0.4, -0.2) is 61.2 Å². The number of anilines is 1. The highest BCUT2D eigenvalue weighted by Gasteiger charge is 2.19. The van der Waals surface area contributed by atoms with Crippen LogP contribution >= 0.6 is 18.9 Å². The predicted molar refractivity (Wildman–Crippen MR) is 148 cm³/mol. The number of piperazine rings is 1. The Kier molecular flexibility index (Phi) is 8.34. The third-order valence-electron chi connectivity index (χ3n) is 6.72. The maximum atomic E-state index is 12.3. The minimum Gasteiger partial charge on any atom is -0.808 e. The molecule has 0 N–H and O–H groups in total. The van der Waals surface area contributed by atoms with Crippen LogP contribution in [-0.2, 0) is 9.30 Å². The van der Waals surface area contributed by atoms with E-state index >= 15 is 0 Å². The highest BCUT2D eigenvalue weighted by atomic mass is 32.1. The summed E-state index contributed by atoms with van der Waals surface area (Å²) in [6.45, 7) is 5.44. The van der Waals surface area contributed by atoms with Gasteiger partial charge in [0.05, 0.1) is 12.1 Å². The van der Waals surface area contributed by atoms with E-state index in [0.717, 1.165) is 45.6 Å². The van der Waals surface area contributed by atoms with E-state index in [0.29, 0.717) is 22.3 Å². The number of nitrogens with zero attached hydrogens (tertiary/aromatic N) is 3. The molecule has 2 aromatic carbocycles. The Balaban J connectivity index is 1.11. The van der Waals surface area contributed by atoms with E-state index in [1.54, 1.807) is 23.5 Å². The van der Waals surface area contributed by atoms with Crippen molar-refractivity contribution in [2.45, 2.75) is 12.8 Å². The third kappa shape index (κ3) is 6.69. The molecule has 1 fully saturated rings. The van der Waals surface area contributed by atoms with Crippen LogP contribution in [0.15, 0.2) is 64.8 Å². The molecule has 12 heteroatoms. The number of fused-ring (bicyclic) bond motifs is 2. The second-order valence-electron chi connectivity index (χ2n) is 9.37. The summed E-state index contributed by atoms with van der Waals surface area (Å²) in [5.74, 6) is 0.462. The number of benzene rings is 2. The van der Waals surface area contributed by atoms with Crippen molar-refractivity contribution in [1.82, 2.24) is 9.47 Å². The average Bonchev–Trinajstić information content (AvgIpc) is 3.41.